The average molecular weight is 351 g/mol. The van der Waals surface area contributed by atoms with Crippen LogP contribution in [0, 0.1) is 6.92 Å². The van der Waals surface area contributed by atoms with Gasteiger partial charge in [-0.3, -0.25) is 0 Å². The van der Waals surface area contributed by atoms with Gasteiger partial charge in [-0.1, -0.05) is 11.2 Å². The standard InChI is InChI=1S/C16H12F3N3O3/c1-9-21-15(22-25-9)13-6-5-10(20)7-14(13)23-11-3-2-4-12(8-11)24-16(17,18)19/h2-8H,20H2,1H3. The summed E-state index contributed by atoms with van der Waals surface area (Å²) in [6.45, 7) is 1.63. The Morgan fingerprint density at radius 3 is 2.52 bits per heavy atom. The van der Waals surface area contributed by atoms with E-state index in [1.807, 2.05) is 0 Å². The Morgan fingerprint density at radius 1 is 1.08 bits per heavy atom. The number of nitrogens with two attached hydrogens (primary N) is 1. The fourth-order valence-electron chi connectivity index (χ4n) is 2.08. The molecule has 0 aliphatic heterocycles. The zero-order chi connectivity index (χ0) is 18.0. The first-order chi connectivity index (χ1) is 11.8. The van der Waals surface area contributed by atoms with E-state index >= 15 is 0 Å². The van der Waals surface area contributed by atoms with Gasteiger partial charge in [0.05, 0.1) is 5.56 Å². The van der Waals surface area contributed by atoms with Crippen LogP contribution in [0.1, 0.15) is 5.89 Å². The minimum Gasteiger partial charge on any atom is -0.456 e. The molecule has 9 heteroatoms. The number of hydrogen-bond donors (Lipinski definition) is 1. The molecular weight excluding hydrogens is 339 g/mol. The Balaban J connectivity index is 1.93. The molecule has 0 unspecified atom stereocenters. The largest absolute Gasteiger partial charge is 0.573 e. The second kappa shape index (κ2) is 6.34. The van der Waals surface area contributed by atoms with Gasteiger partial charge >= 0.3 is 6.36 Å². The van der Waals surface area contributed by atoms with Crippen LogP contribution in [0.15, 0.2) is 47.0 Å². The van der Waals surface area contributed by atoms with Crippen molar-refractivity contribution < 1.29 is 27.2 Å². The van der Waals surface area contributed by atoms with Crippen LogP contribution in [-0.4, -0.2) is 16.5 Å². The molecule has 3 aromatic rings. The summed E-state index contributed by atoms with van der Waals surface area (Å²) < 4.78 is 51.5. The molecule has 25 heavy (non-hydrogen) atoms. The molecule has 0 radical (unpaired) electrons. The molecule has 0 aliphatic rings. The van der Waals surface area contributed by atoms with Crippen LogP contribution >= 0.6 is 0 Å². The first-order valence-electron chi connectivity index (χ1n) is 7.04. The minimum atomic E-state index is -4.79. The Morgan fingerprint density at radius 2 is 1.84 bits per heavy atom. The summed E-state index contributed by atoms with van der Waals surface area (Å²) in [4.78, 5) is 4.11. The van der Waals surface area contributed by atoms with Gasteiger partial charge in [-0.2, -0.15) is 4.98 Å². The van der Waals surface area contributed by atoms with Gasteiger partial charge in [-0.05, 0) is 24.3 Å². The number of nitrogen functional groups attached to an aromatic ring is 1. The lowest BCUT2D eigenvalue weighted by Crippen LogP contribution is -2.17. The third-order valence-corrected chi connectivity index (χ3v) is 3.04. The Hall–Kier alpha value is -3.23. The number of halogens is 3. The van der Waals surface area contributed by atoms with Crippen LogP contribution in [0.3, 0.4) is 0 Å². The van der Waals surface area contributed by atoms with Crippen molar-refractivity contribution >= 4 is 5.69 Å². The summed E-state index contributed by atoms with van der Waals surface area (Å²) in [5.74, 6) is 0.637. The van der Waals surface area contributed by atoms with Gasteiger partial charge in [0.15, 0.2) is 0 Å². The van der Waals surface area contributed by atoms with Gasteiger partial charge in [0.2, 0.25) is 11.7 Å². The summed E-state index contributed by atoms with van der Waals surface area (Å²) >= 11 is 0. The molecular formula is C16H12F3N3O3. The summed E-state index contributed by atoms with van der Waals surface area (Å²) in [6.07, 6.45) is -4.79. The van der Waals surface area contributed by atoms with Gasteiger partial charge in [-0.15, -0.1) is 13.2 Å². The van der Waals surface area contributed by atoms with Crippen molar-refractivity contribution in [3.8, 4) is 28.6 Å². The quantitative estimate of drug-likeness (QED) is 0.705. The van der Waals surface area contributed by atoms with Crippen LogP contribution in [-0.2, 0) is 0 Å². The molecule has 1 heterocycles. The number of rotatable bonds is 4. The van der Waals surface area contributed by atoms with Crippen molar-refractivity contribution in [2.24, 2.45) is 0 Å². The number of hydrogen-bond acceptors (Lipinski definition) is 6. The fourth-order valence-corrected chi connectivity index (χ4v) is 2.08. The highest BCUT2D eigenvalue weighted by Crippen LogP contribution is 2.35. The van der Waals surface area contributed by atoms with Gasteiger partial charge in [0, 0.05) is 24.7 Å². The summed E-state index contributed by atoms with van der Waals surface area (Å²) in [6, 6.07) is 9.91. The molecule has 2 aromatic carbocycles. The van der Waals surface area contributed by atoms with Crippen molar-refractivity contribution in [3.63, 3.8) is 0 Å². The van der Waals surface area contributed by atoms with Crippen molar-refractivity contribution in [2.45, 2.75) is 13.3 Å². The van der Waals surface area contributed by atoms with Gasteiger partial charge in [0.25, 0.3) is 0 Å². The van der Waals surface area contributed by atoms with Gasteiger partial charge in [0.1, 0.15) is 17.2 Å². The molecule has 1 aromatic heterocycles. The normalized spacial score (nSPS) is 11.4. The summed E-state index contributed by atoms with van der Waals surface area (Å²) in [5.41, 5.74) is 6.64. The highest BCUT2D eigenvalue weighted by Gasteiger charge is 2.31. The van der Waals surface area contributed by atoms with Crippen molar-refractivity contribution in [3.05, 3.63) is 48.4 Å². The third-order valence-electron chi connectivity index (χ3n) is 3.04. The number of aromatic nitrogens is 2. The van der Waals surface area contributed by atoms with Crippen molar-refractivity contribution in [1.29, 1.82) is 0 Å². The van der Waals surface area contributed by atoms with E-state index in [1.54, 1.807) is 19.1 Å². The van der Waals surface area contributed by atoms with Crippen molar-refractivity contribution in [1.82, 2.24) is 10.1 Å². The molecule has 2 N–H and O–H groups in total. The number of ether oxygens (including phenoxy) is 2. The lowest BCUT2D eigenvalue weighted by Gasteiger charge is -2.12. The van der Waals surface area contributed by atoms with E-state index in [0.717, 1.165) is 6.07 Å². The molecule has 6 nitrogen and oxygen atoms in total. The van der Waals surface area contributed by atoms with Gasteiger partial charge in [-0.25, -0.2) is 0 Å². The Kier molecular flexibility index (Phi) is 4.22. The molecule has 0 fully saturated rings. The molecule has 0 aliphatic carbocycles. The number of anilines is 1. The number of aryl methyl sites for hydroxylation is 1. The Bertz CT molecular complexity index is 894. The maximum Gasteiger partial charge on any atom is 0.573 e. The third kappa shape index (κ3) is 4.19. The Labute approximate surface area is 140 Å². The summed E-state index contributed by atoms with van der Waals surface area (Å²) in [7, 11) is 0. The SMILES string of the molecule is Cc1nc(-c2ccc(N)cc2Oc2cccc(OC(F)(F)F)c2)no1. The molecule has 3 rings (SSSR count). The number of benzene rings is 2. The lowest BCUT2D eigenvalue weighted by molar-refractivity contribution is -0.274. The van der Waals surface area contributed by atoms with E-state index in [9.17, 15) is 13.2 Å². The van der Waals surface area contributed by atoms with E-state index < -0.39 is 12.1 Å². The molecule has 130 valence electrons. The predicted octanol–water partition coefficient (Wildman–Crippen LogP) is 4.32. The van der Waals surface area contributed by atoms with Crippen LogP contribution in [0.5, 0.6) is 17.2 Å². The molecule has 0 atom stereocenters. The van der Waals surface area contributed by atoms with Crippen LogP contribution in [0.2, 0.25) is 0 Å². The molecule has 0 amide bonds. The molecule has 0 saturated carbocycles. The van der Waals surface area contributed by atoms with E-state index in [-0.39, 0.29) is 17.3 Å². The zero-order valence-electron chi connectivity index (χ0n) is 12.9. The molecule has 0 spiro atoms. The molecule has 0 bridgehead atoms. The first-order valence-corrected chi connectivity index (χ1v) is 7.04. The lowest BCUT2D eigenvalue weighted by atomic mass is 10.1. The average Bonchev–Trinajstić information content (AvgIpc) is 2.92. The van der Waals surface area contributed by atoms with E-state index in [1.165, 1.54) is 24.3 Å². The molecule has 0 saturated heterocycles. The van der Waals surface area contributed by atoms with E-state index in [2.05, 4.69) is 14.9 Å². The van der Waals surface area contributed by atoms with E-state index in [0.29, 0.717) is 17.1 Å². The van der Waals surface area contributed by atoms with Crippen LogP contribution in [0.4, 0.5) is 18.9 Å². The van der Waals surface area contributed by atoms with E-state index in [4.69, 9.17) is 15.0 Å². The minimum absolute atomic E-state index is 0.133. The highest BCUT2D eigenvalue weighted by atomic mass is 19.4. The monoisotopic (exact) mass is 351 g/mol. The smallest absolute Gasteiger partial charge is 0.456 e. The highest BCUT2D eigenvalue weighted by molar-refractivity contribution is 5.68. The maximum atomic E-state index is 12.3. The zero-order valence-corrected chi connectivity index (χ0v) is 12.9. The number of nitrogens with zero attached hydrogens (tertiary/aromatic N) is 2. The second-order valence-corrected chi connectivity index (χ2v) is 5.02. The van der Waals surface area contributed by atoms with Crippen molar-refractivity contribution in [2.75, 3.05) is 5.73 Å². The topological polar surface area (TPSA) is 83.4 Å². The maximum absolute atomic E-state index is 12.3. The van der Waals surface area contributed by atoms with Crippen LogP contribution in [0.25, 0.3) is 11.4 Å². The number of alkyl halides is 3. The van der Waals surface area contributed by atoms with Gasteiger partial charge < -0.3 is 19.7 Å². The summed E-state index contributed by atoms with van der Waals surface area (Å²) in [5, 5.41) is 3.80. The van der Waals surface area contributed by atoms with Crippen LogP contribution < -0.4 is 15.2 Å². The fraction of sp³-hybridized carbons (Fsp3) is 0.125. The first kappa shape index (κ1) is 16.6. The predicted molar refractivity (Wildman–Crippen MR) is 82.1 cm³/mol. The second-order valence-electron chi connectivity index (χ2n) is 5.02.